The molecule has 1 aromatic rings. The number of methoxy groups -OCH3 is 1. The molecule has 1 aliphatic rings. The van der Waals surface area contributed by atoms with Crippen molar-refractivity contribution >= 4 is 35.1 Å². The summed E-state index contributed by atoms with van der Waals surface area (Å²) in [6, 6.07) is 5.43. The fourth-order valence-corrected chi connectivity index (χ4v) is 2.42. The lowest BCUT2D eigenvalue weighted by Crippen LogP contribution is -2.28. The summed E-state index contributed by atoms with van der Waals surface area (Å²) >= 11 is 11.8. The zero-order valence-corrected chi connectivity index (χ0v) is 12.5. The molecule has 0 heterocycles. The summed E-state index contributed by atoms with van der Waals surface area (Å²) in [4.78, 5) is 22.8. The third kappa shape index (κ3) is 3.64. The molecule has 20 heavy (non-hydrogen) atoms. The minimum absolute atomic E-state index is 0.0371. The van der Waals surface area contributed by atoms with Gasteiger partial charge >= 0.3 is 5.97 Å². The van der Waals surface area contributed by atoms with Crippen LogP contribution in [-0.2, 0) is 14.3 Å². The summed E-state index contributed by atoms with van der Waals surface area (Å²) in [5.41, 5.74) is 1.02. The van der Waals surface area contributed by atoms with Gasteiger partial charge in [-0.2, -0.15) is 0 Å². The van der Waals surface area contributed by atoms with Gasteiger partial charge < -0.3 is 10.1 Å². The van der Waals surface area contributed by atoms with Gasteiger partial charge in [0.1, 0.15) is 0 Å². The normalized spacial score (nSPS) is 20.4. The van der Waals surface area contributed by atoms with Gasteiger partial charge in [-0.25, -0.2) is 0 Å². The molecule has 2 atom stereocenters. The first-order valence-corrected chi connectivity index (χ1v) is 7.08. The number of hydrogen-bond acceptors (Lipinski definition) is 3. The van der Waals surface area contributed by atoms with E-state index in [1.807, 2.05) is 6.07 Å². The lowest BCUT2D eigenvalue weighted by atomic mass is 10.1. The summed E-state index contributed by atoms with van der Waals surface area (Å²) in [6.45, 7) is 0.302. The number of carbonyl (C=O) groups excluding carboxylic acids is 2. The summed E-state index contributed by atoms with van der Waals surface area (Å²) in [7, 11) is 1.32. The Bertz CT molecular complexity index is 533. The Morgan fingerprint density at radius 1 is 1.35 bits per heavy atom. The van der Waals surface area contributed by atoms with Crippen molar-refractivity contribution in [2.24, 2.45) is 5.92 Å². The van der Waals surface area contributed by atoms with Crippen LogP contribution in [0.15, 0.2) is 18.2 Å². The maximum absolute atomic E-state index is 11.9. The van der Waals surface area contributed by atoms with E-state index in [1.54, 1.807) is 12.1 Å². The number of halogens is 2. The number of rotatable bonds is 5. The summed E-state index contributed by atoms with van der Waals surface area (Å²) in [6.07, 6.45) is 0.981. The van der Waals surface area contributed by atoms with Crippen molar-refractivity contribution in [2.75, 3.05) is 13.7 Å². The molecule has 108 valence electrons. The van der Waals surface area contributed by atoms with Crippen LogP contribution in [-0.4, -0.2) is 25.5 Å². The van der Waals surface area contributed by atoms with Gasteiger partial charge in [0.05, 0.1) is 23.6 Å². The van der Waals surface area contributed by atoms with E-state index in [9.17, 15) is 9.59 Å². The van der Waals surface area contributed by atoms with Crippen LogP contribution in [0.2, 0.25) is 10.0 Å². The zero-order chi connectivity index (χ0) is 14.7. The van der Waals surface area contributed by atoms with E-state index < -0.39 is 0 Å². The highest BCUT2D eigenvalue weighted by molar-refractivity contribution is 6.42. The molecule has 1 amide bonds. The molecular weight excluding hydrogens is 301 g/mol. The lowest BCUT2D eigenvalue weighted by Gasteiger charge is -2.05. The second-order valence-corrected chi connectivity index (χ2v) is 5.55. The van der Waals surface area contributed by atoms with Crippen LogP contribution in [0, 0.1) is 5.92 Å². The van der Waals surface area contributed by atoms with Crippen molar-refractivity contribution in [3.63, 3.8) is 0 Å². The Hall–Kier alpha value is -1.26. The number of amides is 1. The average Bonchev–Trinajstić information content (AvgIpc) is 3.22. The first-order valence-electron chi connectivity index (χ1n) is 6.32. The first-order chi connectivity index (χ1) is 9.52. The number of esters is 1. The zero-order valence-electron chi connectivity index (χ0n) is 11.0. The molecule has 0 spiro atoms. The smallest absolute Gasteiger partial charge is 0.307 e. The van der Waals surface area contributed by atoms with Gasteiger partial charge in [0.15, 0.2) is 0 Å². The lowest BCUT2D eigenvalue weighted by molar-refractivity contribution is -0.140. The van der Waals surface area contributed by atoms with Gasteiger partial charge in [-0.15, -0.1) is 0 Å². The van der Waals surface area contributed by atoms with E-state index >= 15 is 0 Å². The van der Waals surface area contributed by atoms with Crippen molar-refractivity contribution in [1.82, 2.24) is 5.32 Å². The maximum Gasteiger partial charge on any atom is 0.307 e. The number of ether oxygens (including phenoxy) is 1. The minimum Gasteiger partial charge on any atom is -0.469 e. The Morgan fingerprint density at radius 3 is 2.75 bits per heavy atom. The number of benzene rings is 1. The minimum atomic E-state index is -0.331. The molecule has 0 aromatic heterocycles. The van der Waals surface area contributed by atoms with E-state index in [0.29, 0.717) is 16.6 Å². The van der Waals surface area contributed by atoms with Crippen molar-refractivity contribution in [3.8, 4) is 0 Å². The molecule has 0 aliphatic heterocycles. The molecule has 1 aliphatic carbocycles. The maximum atomic E-state index is 11.9. The van der Waals surface area contributed by atoms with Crippen LogP contribution < -0.4 is 5.32 Å². The quantitative estimate of drug-likeness (QED) is 0.850. The second kappa shape index (κ2) is 6.46. The molecule has 0 bridgehead atoms. The highest BCUT2D eigenvalue weighted by atomic mass is 35.5. The topological polar surface area (TPSA) is 55.4 Å². The van der Waals surface area contributed by atoms with Gasteiger partial charge in [-0.3, -0.25) is 9.59 Å². The SMILES string of the molecule is COC(=O)CCNC(=O)[C@H]1C[C@@H]1c1ccc(Cl)c(Cl)c1. The van der Waals surface area contributed by atoms with E-state index in [1.165, 1.54) is 7.11 Å². The van der Waals surface area contributed by atoms with Gasteiger partial charge in [0.25, 0.3) is 0 Å². The average molecular weight is 316 g/mol. The molecule has 4 nitrogen and oxygen atoms in total. The largest absolute Gasteiger partial charge is 0.469 e. The predicted octanol–water partition coefficient (Wildman–Crippen LogP) is 2.78. The molecule has 0 radical (unpaired) electrons. The van der Waals surface area contributed by atoms with Crippen LogP contribution in [0.25, 0.3) is 0 Å². The third-order valence-electron chi connectivity index (χ3n) is 3.36. The van der Waals surface area contributed by atoms with Gasteiger partial charge in [-0.05, 0) is 30.0 Å². The molecule has 1 fully saturated rings. The van der Waals surface area contributed by atoms with E-state index in [4.69, 9.17) is 23.2 Å². The highest BCUT2D eigenvalue weighted by Gasteiger charge is 2.43. The van der Waals surface area contributed by atoms with Crippen LogP contribution in [0.5, 0.6) is 0 Å². The van der Waals surface area contributed by atoms with Crippen molar-refractivity contribution in [3.05, 3.63) is 33.8 Å². The summed E-state index contributed by atoms with van der Waals surface area (Å²) in [5, 5.41) is 3.75. The van der Waals surface area contributed by atoms with Crippen molar-refractivity contribution in [1.29, 1.82) is 0 Å². The third-order valence-corrected chi connectivity index (χ3v) is 4.09. The fourth-order valence-electron chi connectivity index (χ4n) is 2.12. The van der Waals surface area contributed by atoms with Crippen LogP contribution in [0.1, 0.15) is 24.3 Å². The van der Waals surface area contributed by atoms with E-state index in [2.05, 4.69) is 10.1 Å². The molecule has 6 heteroatoms. The molecule has 0 unspecified atom stereocenters. The van der Waals surface area contributed by atoms with Crippen molar-refractivity contribution in [2.45, 2.75) is 18.8 Å². The van der Waals surface area contributed by atoms with Crippen LogP contribution in [0.3, 0.4) is 0 Å². The van der Waals surface area contributed by atoms with Crippen LogP contribution >= 0.6 is 23.2 Å². The van der Waals surface area contributed by atoms with E-state index in [0.717, 1.165) is 12.0 Å². The highest BCUT2D eigenvalue weighted by Crippen LogP contribution is 2.48. The summed E-state index contributed by atoms with van der Waals surface area (Å²) < 4.78 is 4.51. The Balaban J connectivity index is 1.83. The molecule has 1 N–H and O–H groups in total. The molecule has 2 rings (SSSR count). The van der Waals surface area contributed by atoms with Gasteiger partial charge in [0, 0.05) is 12.5 Å². The molecule has 0 saturated heterocycles. The number of carbonyl (C=O) groups is 2. The Labute approximate surface area is 127 Å². The second-order valence-electron chi connectivity index (χ2n) is 4.74. The predicted molar refractivity (Wildman–Crippen MR) is 77.0 cm³/mol. The van der Waals surface area contributed by atoms with E-state index in [-0.39, 0.29) is 30.1 Å². The van der Waals surface area contributed by atoms with Gasteiger partial charge in [-0.1, -0.05) is 29.3 Å². The summed E-state index contributed by atoms with van der Waals surface area (Å²) in [5.74, 6) is -0.236. The standard InChI is InChI=1S/C14H15Cl2NO3/c1-20-13(18)4-5-17-14(19)10-7-9(10)8-2-3-11(15)12(16)6-8/h2-3,6,9-10H,4-5,7H2,1H3,(H,17,19)/t9-,10+/m1/s1. The number of hydrogen-bond donors (Lipinski definition) is 1. The number of nitrogens with one attached hydrogen (secondary N) is 1. The first kappa shape index (κ1) is 15.1. The Morgan fingerprint density at radius 2 is 2.10 bits per heavy atom. The molecular formula is C14H15Cl2NO3. The monoisotopic (exact) mass is 315 g/mol. The molecule has 1 saturated carbocycles. The molecule has 1 aromatic carbocycles. The Kier molecular flexibility index (Phi) is 4.89. The van der Waals surface area contributed by atoms with Crippen molar-refractivity contribution < 1.29 is 14.3 Å². The van der Waals surface area contributed by atoms with Gasteiger partial charge in [0.2, 0.25) is 5.91 Å². The van der Waals surface area contributed by atoms with Crippen LogP contribution in [0.4, 0.5) is 0 Å². The fraction of sp³-hybridized carbons (Fsp3) is 0.429.